The molecule has 0 bridgehead atoms. The molecule has 130 valence electrons. The number of rotatable bonds is 6. The van der Waals surface area contributed by atoms with Gasteiger partial charge in [-0.3, -0.25) is 14.4 Å². The quantitative estimate of drug-likeness (QED) is 0.725. The van der Waals surface area contributed by atoms with E-state index in [0.29, 0.717) is 37.6 Å². The largest absolute Gasteiger partial charge is 0.496 e. The van der Waals surface area contributed by atoms with Gasteiger partial charge in [0.2, 0.25) is 0 Å². The molecule has 0 saturated carbocycles. The predicted octanol–water partition coefficient (Wildman–Crippen LogP) is -0.173. The summed E-state index contributed by atoms with van der Waals surface area (Å²) in [7, 11) is 1.46. The Morgan fingerprint density at radius 2 is 1.92 bits per heavy atom. The van der Waals surface area contributed by atoms with Crippen molar-refractivity contribution < 1.29 is 28.6 Å². The molecule has 0 atom stereocenters. The van der Waals surface area contributed by atoms with E-state index in [4.69, 9.17) is 14.2 Å². The highest BCUT2D eigenvalue weighted by Gasteiger charge is 2.19. The summed E-state index contributed by atoms with van der Waals surface area (Å²) in [4.78, 5) is 37.1. The van der Waals surface area contributed by atoms with Gasteiger partial charge in [-0.2, -0.15) is 0 Å². The van der Waals surface area contributed by atoms with Crippen LogP contribution in [0.4, 0.5) is 0 Å². The normalized spacial score (nSPS) is 14.0. The van der Waals surface area contributed by atoms with E-state index in [0.717, 1.165) is 0 Å². The lowest BCUT2D eigenvalue weighted by Gasteiger charge is -2.26. The average Bonchev–Trinajstić information content (AvgIpc) is 2.64. The van der Waals surface area contributed by atoms with Crippen LogP contribution in [0.15, 0.2) is 24.3 Å². The SMILES string of the molecule is COc1ccccc1C(=O)NCC(=O)OCC(=O)N1CCOCC1. The maximum absolute atomic E-state index is 12.0. The molecule has 0 aliphatic carbocycles. The molecule has 1 aliphatic heterocycles. The van der Waals surface area contributed by atoms with Crippen molar-refractivity contribution in [1.29, 1.82) is 0 Å². The van der Waals surface area contributed by atoms with Gasteiger partial charge < -0.3 is 24.4 Å². The molecule has 1 aromatic rings. The number of methoxy groups -OCH3 is 1. The fraction of sp³-hybridized carbons (Fsp3) is 0.438. The number of nitrogens with one attached hydrogen (secondary N) is 1. The first-order chi connectivity index (χ1) is 11.6. The van der Waals surface area contributed by atoms with Crippen LogP contribution in [0.2, 0.25) is 0 Å². The van der Waals surface area contributed by atoms with Crippen molar-refractivity contribution >= 4 is 17.8 Å². The highest BCUT2D eigenvalue weighted by molar-refractivity contribution is 5.98. The summed E-state index contributed by atoms with van der Waals surface area (Å²) in [6, 6.07) is 6.66. The van der Waals surface area contributed by atoms with Crippen LogP contribution < -0.4 is 10.1 Å². The van der Waals surface area contributed by atoms with Crippen molar-refractivity contribution in [2.45, 2.75) is 0 Å². The Balaban J connectivity index is 1.74. The molecule has 0 radical (unpaired) electrons. The number of nitrogens with zero attached hydrogens (tertiary/aromatic N) is 1. The van der Waals surface area contributed by atoms with E-state index in [2.05, 4.69) is 5.32 Å². The molecular formula is C16H20N2O6. The maximum Gasteiger partial charge on any atom is 0.325 e. The van der Waals surface area contributed by atoms with E-state index in [9.17, 15) is 14.4 Å². The Hall–Kier alpha value is -2.61. The topological polar surface area (TPSA) is 94.2 Å². The fourth-order valence-electron chi connectivity index (χ4n) is 2.18. The van der Waals surface area contributed by atoms with Crippen molar-refractivity contribution in [3.63, 3.8) is 0 Å². The molecule has 8 nitrogen and oxygen atoms in total. The van der Waals surface area contributed by atoms with Crippen LogP contribution in [0.3, 0.4) is 0 Å². The first-order valence-electron chi connectivity index (χ1n) is 7.54. The zero-order valence-electron chi connectivity index (χ0n) is 13.4. The van der Waals surface area contributed by atoms with Crippen LogP contribution in [0, 0.1) is 0 Å². The predicted molar refractivity (Wildman–Crippen MR) is 83.7 cm³/mol. The van der Waals surface area contributed by atoms with E-state index in [1.807, 2.05) is 0 Å². The zero-order chi connectivity index (χ0) is 17.4. The third-order valence-corrected chi connectivity index (χ3v) is 3.47. The number of hydrogen-bond donors (Lipinski definition) is 1. The second-order valence-electron chi connectivity index (χ2n) is 5.04. The van der Waals surface area contributed by atoms with Gasteiger partial charge in [0.05, 0.1) is 25.9 Å². The number of carbonyl (C=O) groups excluding carboxylic acids is 3. The Morgan fingerprint density at radius 1 is 1.21 bits per heavy atom. The van der Waals surface area contributed by atoms with Gasteiger partial charge in [0, 0.05) is 13.1 Å². The summed E-state index contributed by atoms with van der Waals surface area (Å²) in [5.74, 6) is -1.00. The molecule has 24 heavy (non-hydrogen) atoms. The minimum Gasteiger partial charge on any atom is -0.496 e. The van der Waals surface area contributed by atoms with Gasteiger partial charge in [-0.05, 0) is 12.1 Å². The molecule has 1 aliphatic rings. The van der Waals surface area contributed by atoms with Gasteiger partial charge in [0.15, 0.2) is 6.61 Å². The number of esters is 1. The highest BCUT2D eigenvalue weighted by Crippen LogP contribution is 2.16. The molecule has 1 saturated heterocycles. The minimum atomic E-state index is -0.681. The second-order valence-corrected chi connectivity index (χ2v) is 5.04. The third kappa shape index (κ3) is 4.95. The third-order valence-electron chi connectivity index (χ3n) is 3.47. The molecule has 8 heteroatoms. The molecule has 0 spiro atoms. The van der Waals surface area contributed by atoms with Gasteiger partial charge in [-0.25, -0.2) is 0 Å². The number of amides is 2. The molecule has 1 fully saturated rings. The van der Waals surface area contributed by atoms with E-state index >= 15 is 0 Å². The summed E-state index contributed by atoms with van der Waals surface area (Å²) < 4.78 is 15.1. The van der Waals surface area contributed by atoms with Crippen molar-refractivity contribution in [3.05, 3.63) is 29.8 Å². The number of morpholine rings is 1. The number of benzene rings is 1. The Labute approximate surface area is 139 Å². The van der Waals surface area contributed by atoms with Gasteiger partial charge in [0.25, 0.3) is 11.8 Å². The summed E-state index contributed by atoms with van der Waals surface area (Å²) in [6.45, 7) is 1.27. The van der Waals surface area contributed by atoms with E-state index < -0.39 is 11.9 Å². The summed E-state index contributed by atoms with van der Waals surface area (Å²) in [5, 5.41) is 2.44. The zero-order valence-corrected chi connectivity index (χ0v) is 13.4. The van der Waals surface area contributed by atoms with Gasteiger partial charge >= 0.3 is 5.97 Å². The molecule has 1 N–H and O–H groups in total. The lowest BCUT2D eigenvalue weighted by Crippen LogP contribution is -2.43. The van der Waals surface area contributed by atoms with Crippen LogP contribution >= 0.6 is 0 Å². The highest BCUT2D eigenvalue weighted by atomic mass is 16.5. The Morgan fingerprint density at radius 3 is 2.62 bits per heavy atom. The molecular weight excluding hydrogens is 316 g/mol. The summed E-state index contributed by atoms with van der Waals surface area (Å²) in [5.41, 5.74) is 0.317. The lowest BCUT2D eigenvalue weighted by atomic mass is 10.2. The lowest BCUT2D eigenvalue weighted by molar-refractivity contribution is -0.152. The van der Waals surface area contributed by atoms with E-state index in [-0.39, 0.29) is 19.1 Å². The smallest absolute Gasteiger partial charge is 0.325 e. The van der Waals surface area contributed by atoms with E-state index in [1.165, 1.54) is 7.11 Å². The average molecular weight is 336 g/mol. The van der Waals surface area contributed by atoms with Gasteiger partial charge in [-0.1, -0.05) is 12.1 Å². The van der Waals surface area contributed by atoms with Crippen LogP contribution in [0.1, 0.15) is 10.4 Å². The first-order valence-corrected chi connectivity index (χ1v) is 7.54. The Bertz CT molecular complexity index is 598. The van der Waals surface area contributed by atoms with Crippen LogP contribution in [-0.2, 0) is 19.1 Å². The van der Waals surface area contributed by atoms with Gasteiger partial charge in [0.1, 0.15) is 12.3 Å². The Kier molecular flexibility index (Phi) is 6.56. The molecule has 1 aromatic carbocycles. The number of carbonyl (C=O) groups is 3. The van der Waals surface area contributed by atoms with E-state index in [1.54, 1.807) is 29.2 Å². The first kappa shape index (κ1) is 17.7. The maximum atomic E-state index is 12.0. The van der Waals surface area contributed by atoms with Crippen molar-refractivity contribution in [3.8, 4) is 5.75 Å². The fourth-order valence-corrected chi connectivity index (χ4v) is 2.18. The number of ether oxygens (including phenoxy) is 3. The standard InChI is InChI=1S/C16H20N2O6/c1-22-13-5-3-2-4-12(13)16(21)17-10-15(20)24-11-14(19)18-6-8-23-9-7-18/h2-5H,6-11H2,1H3,(H,17,21). The summed E-state index contributed by atoms with van der Waals surface area (Å²) in [6.07, 6.45) is 0. The molecule has 0 aromatic heterocycles. The van der Waals surface area contributed by atoms with Crippen LogP contribution in [-0.4, -0.2) is 69.2 Å². The van der Waals surface area contributed by atoms with Crippen molar-refractivity contribution in [2.24, 2.45) is 0 Å². The molecule has 0 unspecified atom stereocenters. The monoisotopic (exact) mass is 336 g/mol. The summed E-state index contributed by atoms with van der Waals surface area (Å²) >= 11 is 0. The van der Waals surface area contributed by atoms with Crippen LogP contribution in [0.5, 0.6) is 5.75 Å². The minimum absolute atomic E-state index is 0.275. The molecule has 1 heterocycles. The number of para-hydroxylation sites is 1. The van der Waals surface area contributed by atoms with Gasteiger partial charge in [-0.15, -0.1) is 0 Å². The van der Waals surface area contributed by atoms with Crippen molar-refractivity contribution in [2.75, 3.05) is 46.6 Å². The molecule has 2 rings (SSSR count). The van der Waals surface area contributed by atoms with Crippen LogP contribution in [0.25, 0.3) is 0 Å². The number of hydrogen-bond acceptors (Lipinski definition) is 6. The van der Waals surface area contributed by atoms with Crippen molar-refractivity contribution in [1.82, 2.24) is 10.2 Å². The molecule has 2 amide bonds. The second kappa shape index (κ2) is 8.88.